The van der Waals surface area contributed by atoms with E-state index in [1.807, 2.05) is 12.1 Å². The van der Waals surface area contributed by atoms with Crippen LogP contribution in [0.15, 0.2) is 24.3 Å². The quantitative estimate of drug-likeness (QED) is 0.359. The molecule has 126 valence electrons. The van der Waals surface area contributed by atoms with Crippen LogP contribution in [0.1, 0.15) is 31.2 Å². The monoisotopic (exact) mass is 356 g/mol. The van der Waals surface area contributed by atoms with Gasteiger partial charge in [-0.1, -0.05) is 19.1 Å². The van der Waals surface area contributed by atoms with Crippen molar-refractivity contribution >= 4 is 20.4 Å². The molecule has 0 bridgehead atoms. The van der Waals surface area contributed by atoms with Gasteiger partial charge in [0.1, 0.15) is 11.5 Å². The minimum absolute atomic E-state index is 0.665. The zero-order chi connectivity index (χ0) is 16.8. The number of rotatable bonds is 5. The molecule has 1 atom stereocenters. The number of hydrogen-bond donors (Lipinski definition) is 0. The van der Waals surface area contributed by atoms with E-state index in [1.165, 1.54) is 18.4 Å². The Morgan fingerprint density at radius 1 is 1.05 bits per heavy atom. The van der Waals surface area contributed by atoms with Crippen molar-refractivity contribution in [2.24, 2.45) is 0 Å². The van der Waals surface area contributed by atoms with E-state index in [2.05, 4.69) is 31.7 Å². The molecule has 0 spiro atoms. The first-order chi connectivity index (χ1) is 9.26. The third kappa shape index (κ3) is 14.1. The van der Waals surface area contributed by atoms with Crippen LogP contribution in [0.5, 0.6) is 5.75 Å². The molecule has 0 amide bonds. The van der Waals surface area contributed by atoms with Gasteiger partial charge in [0.2, 0.25) is 0 Å². The number of hydrogen-bond acceptors (Lipinski definition) is 1. The van der Waals surface area contributed by atoms with Gasteiger partial charge in [0, 0.05) is 0 Å². The number of methoxy groups -OCH3 is 1. The van der Waals surface area contributed by atoms with E-state index in [1.54, 1.807) is 7.11 Å². The summed E-state index contributed by atoms with van der Waals surface area (Å²) in [6.07, 6.45) is 2.39. The van der Waals surface area contributed by atoms with Gasteiger partial charge in [-0.2, -0.15) is 0 Å². The second-order valence-electron chi connectivity index (χ2n) is 4.38. The molecule has 0 N–H and O–H groups in total. The predicted molar refractivity (Wildman–Crippen MR) is 79.2 cm³/mol. The summed E-state index contributed by atoms with van der Waals surface area (Å²) in [5.41, 5.74) is 1.41. The Morgan fingerprint density at radius 2 is 1.48 bits per heavy atom. The van der Waals surface area contributed by atoms with Gasteiger partial charge in [-0.15, -0.1) is 0 Å². The fraction of sp³-hybridized carbons (Fsp3) is 0.500. The molecule has 0 heterocycles. The Labute approximate surface area is 125 Å². The Hall–Kier alpha value is -0.620. The van der Waals surface area contributed by atoms with Gasteiger partial charge in [0.15, 0.2) is 0 Å². The number of halogens is 6. The Bertz CT molecular complexity index is 419. The summed E-state index contributed by atoms with van der Waals surface area (Å²) >= 11 is 3.54. The fourth-order valence-corrected chi connectivity index (χ4v) is 2.01. The molecule has 1 rings (SSSR count). The number of benzene rings is 1. The summed E-state index contributed by atoms with van der Waals surface area (Å²) in [6, 6.07) is 8.39. The first kappa shape index (κ1) is 20.4. The van der Waals surface area contributed by atoms with Crippen LogP contribution in [0.3, 0.4) is 0 Å². The van der Waals surface area contributed by atoms with Crippen LogP contribution in [0.4, 0.5) is 25.2 Å². The average Bonchev–Trinajstić information content (AvgIpc) is 2.32. The van der Waals surface area contributed by atoms with Crippen LogP contribution in [0, 0.1) is 0 Å². The molecular weight excluding hydrogens is 337 g/mol. The molecular formula is C12H19F6OPS. The van der Waals surface area contributed by atoms with E-state index in [9.17, 15) is 25.2 Å². The van der Waals surface area contributed by atoms with Crippen molar-refractivity contribution in [1.29, 1.82) is 0 Å². The summed E-state index contributed by atoms with van der Waals surface area (Å²) < 4.78 is 64.3. The van der Waals surface area contributed by atoms with Gasteiger partial charge in [-0.25, -0.2) is 0 Å². The van der Waals surface area contributed by atoms with Crippen molar-refractivity contribution in [2.45, 2.75) is 25.7 Å². The van der Waals surface area contributed by atoms with Gasteiger partial charge in [-0.3, -0.25) is 0 Å². The first-order valence-electron chi connectivity index (χ1n) is 6.11. The second kappa shape index (κ2) is 6.65. The van der Waals surface area contributed by atoms with Crippen molar-refractivity contribution < 1.29 is 29.9 Å². The molecule has 0 aliphatic carbocycles. The SMILES string of the molecule is CCC(CC[SH2+])c1ccc(OC)cc1.F[P-](F)(F)(F)(F)F. The van der Waals surface area contributed by atoms with Crippen molar-refractivity contribution in [3.8, 4) is 5.75 Å². The van der Waals surface area contributed by atoms with Crippen molar-refractivity contribution in [3.63, 3.8) is 0 Å². The van der Waals surface area contributed by atoms with E-state index in [0.29, 0.717) is 5.92 Å². The molecule has 9 heteroatoms. The zero-order valence-corrected chi connectivity index (χ0v) is 13.5. The molecule has 0 saturated heterocycles. The van der Waals surface area contributed by atoms with Gasteiger partial charge >= 0.3 is 33.0 Å². The van der Waals surface area contributed by atoms with E-state index >= 15 is 0 Å². The average molecular weight is 356 g/mol. The Morgan fingerprint density at radius 3 is 1.76 bits per heavy atom. The maximum atomic E-state index is 9.87. The topological polar surface area (TPSA) is 9.23 Å². The van der Waals surface area contributed by atoms with Crippen LogP contribution in [-0.2, 0) is 12.6 Å². The molecule has 0 aliphatic rings. The van der Waals surface area contributed by atoms with Gasteiger partial charge in [0.05, 0.1) is 7.11 Å². The van der Waals surface area contributed by atoms with Crippen molar-refractivity contribution in [2.75, 3.05) is 12.9 Å². The molecule has 0 fully saturated rings. The summed E-state index contributed by atoms with van der Waals surface area (Å²) in [5, 5.41) is 0. The minimum atomic E-state index is -10.7. The molecule has 1 unspecified atom stereocenters. The van der Waals surface area contributed by atoms with Crippen LogP contribution >= 0.6 is 7.81 Å². The third-order valence-electron chi connectivity index (χ3n) is 2.57. The standard InChI is InChI=1S/C12H18OS.F6P/c1-3-10(8-9-14)11-4-6-12(13-2)7-5-11;1-7(2,3,4,5)6/h4-7,10,14H,3,8-9H2,1-2H3;/q;-1/p+1. The Balaban J connectivity index is 0.000000486. The van der Waals surface area contributed by atoms with E-state index in [4.69, 9.17) is 4.74 Å². The zero-order valence-electron chi connectivity index (χ0n) is 11.6. The van der Waals surface area contributed by atoms with Crippen molar-refractivity contribution in [3.05, 3.63) is 29.8 Å². The van der Waals surface area contributed by atoms with E-state index in [-0.39, 0.29) is 0 Å². The molecule has 1 aromatic rings. The first-order valence-corrected chi connectivity index (χ1v) is 8.85. The maximum absolute atomic E-state index is 10.7. The molecule has 0 aliphatic heterocycles. The summed E-state index contributed by atoms with van der Waals surface area (Å²) in [5.74, 6) is 2.66. The summed E-state index contributed by atoms with van der Waals surface area (Å²) in [6.45, 7) is 2.23. The normalized spacial score (nSPS) is 16.0. The van der Waals surface area contributed by atoms with Crippen LogP contribution in [-0.4, -0.2) is 12.9 Å². The molecule has 0 aromatic heterocycles. The van der Waals surface area contributed by atoms with Gasteiger partial charge in [-0.05, 0) is 49.1 Å². The van der Waals surface area contributed by atoms with Gasteiger partial charge in [0.25, 0.3) is 0 Å². The van der Waals surface area contributed by atoms with E-state index < -0.39 is 7.81 Å². The molecule has 0 saturated carbocycles. The predicted octanol–water partition coefficient (Wildman–Crippen LogP) is 5.97. The van der Waals surface area contributed by atoms with E-state index in [0.717, 1.165) is 11.5 Å². The Kier molecular flexibility index (Phi) is 6.45. The van der Waals surface area contributed by atoms with Crippen LogP contribution in [0.2, 0.25) is 0 Å². The molecule has 21 heavy (non-hydrogen) atoms. The summed E-state index contributed by atoms with van der Waals surface area (Å²) in [7, 11) is -8.96. The molecule has 1 aromatic carbocycles. The molecule has 0 radical (unpaired) electrons. The summed E-state index contributed by atoms with van der Waals surface area (Å²) in [4.78, 5) is 0. The van der Waals surface area contributed by atoms with Gasteiger partial charge < -0.3 is 4.74 Å². The van der Waals surface area contributed by atoms with Crippen LogP contribution in [0.25, 0.3) is 0 Å². The fourth-order valence-electron chi connectivity index (χ4n) is 1.66. The number of ether oxygens (including phenoxy) is 1. The van der Waals surface area contributed by atoms with Crippen LogP contribution < -0.4 is 4.74 Å². The third-order valence-corrected chi connectivity index (χ3v) is 2.86. The van der Waals surface area contributed by atoms with Crippen molar-refractivity contribution in [1.82, 2.24) is 0 Å². The molecule has 1 nitrogen and oxygen atoms in total. The second-order valence-corrected chi connectivity index (χ2v) is 6.79.